The summed E-state index contributed by atoms with van der Waals surface area (Å²) >= 11 is 0. The third kappa shape index (κ3) is 4.95. The number of methoxy groups -OCH3 is 2. The Morgan fingerprint density at radius 2 is 1.85 bits per heavy atom. The van der Waals surface area contributed by atoms with Crippen molar-refractivity contribution in [1.29, 1.82) is 0 Å². The summed E-state index contributed by atoms with van der Waals surface area (Å²) in [6.45, 7) is 0.899. The highest BCUT2D eigenvalue weighted by molar-refractivity contribution is 5.98. The average molecular weight is 466 g/mol. The first-order valence-corrected chi connectivity index (χ1v) is 10.9. The van der Waals surface area contributed by atoms with Gasteiger partial charge in [-0.25, -0.2) is 0 Å². The van der Waals surface area contributed by atoms with E-state index in [0.717, 1.165) is 5.56 Å². The zero-order chi connectivity index (χ0) is 24.1. The van der Waals surface area contributed by atoms with Crippen molar-refractivity contribution in [3.63, 3.8) is 0 Å². The second-order valence-corrected chi connectivity index (χ2v) is 7.88. The third-order valence-electron chi connectivity index (χ3n) is 5.83. The number of hydrogen-bond donors (Lipinski definition) is 2. The monoisotopic (exact) mass is 466 g/mol. The van der Waals surface area contributed by atoms with Gasteiger partial charge in [0.2, 0.25) is 17.6 Å². The number of benzene rings is 2. The maximum absolute atomic E-state index is 12.5. The Labute approximate surface area is 196 Å². The molecular formula is C24H26N4O6. The summed E-state index contributed by atoms with van der Waals surface area (Å²) in [7, 11) is 3.14. The molecule has 0 spiro atoms. The molecule has 0 radical (unpaired) electrons. The number of carbonyl (C=O) groups excluding carboxylic acids is 2. The van der Waals surface area contributed by atoms with Crippen LogP contribution in [0.4, 0.5) is 0 Å². The molecular weight excluding hydrogens is 440 g/mol. The van der Waals surface area contributed by atoms with Crippen molar-refractivity contribution in [1.82, 2.24) is 20.4 Å². The van der Waals surface area contributed by atoms with Gasteiger partial charge in [0.25, 0.3) is 5.91 Å². The molecule has 1 aliphatic heterocycles. The molecule has 0 atom stereocenters. The molecule has 10 nitrogen and oxygen atoms in total. The van der Waals surface area contributed by atoms with Gasteiger partial charge in [-0.3, -0.25) is 9.59 Å². The Balaban J connectivity index is 1.31. The molecule has 2 heterocycles. The van der Waals surface area contributed by atoms with Gasteiger partial charge in [-0.2, -0.15) is 4.98 Å². The number of carbonyl (C=O) groups is 2. The number of nitrogens with zero attached hydrogens (tertiary/aromatic N) is 3. The van der Waals surface area contributed by atoms with E-state index in [0.29, 0.717) is 49.1 Å². The first-order valence-electron chi connectivity index (χ1n) is 10.9. The molecule has 2 amide bonds. The van der Waals surface area contributed by atoms with E-state index in [1.54, 1.807) is 43.4 Å². The summed E-state index contributed by atoms with van der Waals surface area (Å²) in [6, 6.07) is 11.6. The van der Waals surface area contributed by atoms with Gasteiger partial charge >= 0.3 is 0 Å². The summed E-state index contributed by atoms with van der Waals surface area (Å²) in [5.74, 6) is 1.43. The van der Waals surface area contributed by atoms with Crippen LogP contribution < -0.4 is 14.8 Å². The molecule has 1 aliphatic rings. The molecule has 4 rings (SSSR count). The zero-order valence-electron chi connectivity index (χ0n) is 19.0. The Bertz CT molecular complexity index is 1170. The van der Waals surface area contributed by atoms with Crippen molar-refractivity contribution in [3.05, 3.63) is 53.9 Å². The third-order valence-corrected chi connectivity index (χ3v) is 5.83. The SMILES string of the molecule is COc1ccc(-c2noc(C3CCN(C(=O)CNC(=O)c4ccccc4O)CC3)n2)cc1OC. The van der Waals surface area contributed by atoms with Gasteiger partial charge in [0.15, 0.2) is 11.5 Å². The molecule has 2 aromatic carbocycles. The van der Waals surface area contributed by atoms with E-state index in [2.05, 4.69) is 15.5 Å². The molecule has 1 aromatic heterocycles. The Kier molecular flexibility index (Phi) is 6.95. The van der Waals surface area contributed by atoms with Crippen LogP contribution in [0.2, 0.25) is 0 Å². The minimum absolute atomic E-state index is 0.0429. The fourth-order valence-corrected chi connectivity index (χ4v) is 3.90. The number of likely N-dealkylation sites (tertiary alicyclic amines) is 1. The van der Waals surface area contributed by atoms with Gasteiger partial charge in [0, 0.05) is 24.6 Å². The van der Waals surface area contributed by atoms with Crippen LogP contribution in [0.15, 0.2) is 47.0 Å². The van der Waals surface area contributed by atoms with Crippen molar-refractivity contribution in [2.75, 3.05) is 33.9 Å². The van der Waals surface area contributed by atoms with Crippen molar-refractivity contribution < 1.29 is 28.7 Å². The Hall–Kier alpha value is -4.08. The lowest BCUT2D eigenvalue weighted by Crippen LogP contribution is -2.43. The lowest BCUT2D eigenvalue weighted by molar-refractivity contribution is -0.131. The minimum Gasteiger partial charge on any atom is -0.507 e. The fourth-order valence-electron chi connectivity index (χ4n) is 3.90. The molecule has 0 saturated carbocycles. The number of nitrogens with one attached hydrogen (secondary N) is 1. The highest BCUT2D eigenvalue weighted by atomic mass is 16.5. The van der Waals surface area contributed by atoms with E-state index in [-0.39, 0.29) is 29.7 Å². The molecule has 0 unspecified atom stereocenters. The number of rotatable bonds is 7. The van der Waals surface area contributed by atoms with Crippen LogP contribution in [0.25, 0.3) is 11.4 Å². The van der Waals surface area contributed by atoms with E-state index in [1.165, 1.54) is 12.1 Å². The molecule has 178 valence electrons. The summed E-state index contributed by atoms with van der Waals surface area (Å²) in [4.78, 5) is 31.0. The van der Waals surface area contributed by atoms with Gasteiger partial charge in [-0.15, -0.1) is 0 Å². The standard InChI is InChI=1S/C24H26N4O6/c1-32-19-8-7-16(13-20(19)33-2)22-26-24(34-27-22)15-9-11-28(12-10-15)21(30)14-25-23(31)17-5-3-4-6-18(17)29/h3-8,13,15,29H,9-12,14H2,1-2H3,(H,25,31). The number of amides is 2. The lowest BCUT2D eigenvalue weighted by Gasteiger charge is -2.30. The van der Waals surface area contributed by atoms with E-state index in [1.807, 2.05) is 6.07 Å². The number of ether oxygens (including phenoxy) is 2. The van der Waals surface area contributed by atoms with Crippen molar-refractivity contribution >= 4 is 11.8 Å². The van der Waals surface area contributed by atoms with Crippen molar-refractivity contribution in [2.24, 2.45) is 0 Å². The Morgan fingerprint density at radius 1 is 1.12 bits per heavy atom. The van der Waals surface area contributed by atoms with E-state index in [4.69, 9.17) is 14.0 Å². The first-order chi connectivity index (χ1) is 16.5. The molecule has 0 bridgehead atoms. The van der Waals surface area contributed by atoms with Gasteiger partial charge in [-0.05, 0) is 43.2 Å². The fraction of sp³-hybridized carbons (Fsp3) is 0.333. The second-order valence-electron chi connectivity index (χ2n) is 7.88. The van der Waals surface area contributed by atoms with Gasteiger partial charge in [0.05, 0.1) is 26.3 Å². The minimum atomic E-state index is -0.491. The van der Waals surface area contributed by atoms with E-state index in [9.17, 15) is 14.7 Å². The molecule has 2 N–H and O–H groups in total. The number of hydrogen-bond acceptors (Lipinski definition) is 8. The summed E-state index contributed by atoms with van der Waals surface area (Å²) in [5.41, 5.74) is 0.885. The number of aromatic hydroxyl groups is 1. The topological polar surface area (TPSA) is 127 Å². The van der Waals surface area contributed by atoms with Crippen molar-refractivity contribution in [2.45, 2.75) is 18.8 Å². The summed E-state index contributed by atoms with van der Waals surface area (Å²) in [6.07, 6.45) is 1.35. The van der Waals surface area contributed by atoms with E-state index >= 15 is 0 Å². The van der Waals surface area contributed by atoms with Crippen LogP contribution in [0.5, 0.6) is 17.2 Å². The van der Waals surface area contributed by atoms with Crippen molar-refractivity contribution in [3.8, 4) is 28.6 Å². The van der Waals surface area contributed by atoms with Gasteiger partial charge in [0.1, 0.15) is 5.75 Å². The normalized spacial score (nSPS) is 14.0. The predicted octanol–water partition coefficient (Wildman–Crippen LogP) is 2.60. The number of aromatic nitrogens is 2. The number of phenols is 1. The highest BCUT2D eigenvalue weighted by Gasteiger charge is 2.28. The van der Waals surface area contributed by atoms with E-state index < -0.39 is 5.91 Å². The lowest BCUT2D eigenvalue weighted by atomic mass is 9.96. The van der Waals surface area contributed by atoms with Crippen LogP contribution in [-0.4, -0.2) is 65.8 Å². The molecule has 1 saturated heterocycles. The first kappa shape index (κ1) is 23.1. The summed E-state index contributed by atoms with van der Waals surface area (Å²) in [5, 5.41) is 16.4. The quantitative estimate of drug-likeness (QED) is 0.544. The van der Waals surface area contributed by atoms with Crippen LogP contribution in [0.1, 0.15) is 35.0 Å². The van der Waals surface area contributed by atoms with Gasteiger partial charge in [-0.1, -0.05) is 17.3 Å². The highest BCUT2D eigenvalue weighted by Crippen LogP contribution is 2.33. The maximum atomic E-state index is 12.5. The Morgan fingerprint density at radius 3 is 2.56 bits per heavy atom. The molecule has 10 heteroatoms. The number of para-hydroxylation sites is 1. The van der Waals surface area contributed by atoms with Crippen LogP contribution in [0.3, 0.4) is 0 Å². The summed E-state index contributed by atoms with van der Waals surface area (Å²) < 4.78 is 16.1. The molecule has 3 aromatic rings. The van der Waals surface area contributed by atoms with Crippen LogP contribution >= 0.6 is 0 Å². The molecule has 0 aliphatic carbocycles. The smallest absolute Gasteiger partial charge is 0.255 e. The zero-order valence-corrected chi connectivity index (χ0v) is 19.0. The molecule has 34 heavy (non-hydrogen) atoms. The second kappa shape index (κ2) is 10.2. The average Bonchev–Trinajstić information content (AvgIpc) is 3.37. The number of phenolic OH excluding ortho intramolecular Hbond substituents is 1. The largest absolute Gasteiger partial charge is 0.507 e. The molecule has 1 fully saturated rings. The maximum Gasteiger partial charge on any atom is 0.255 e. The van der Waals surface area contributed by atoms with Gasteiger partial charge < -0.3 is 29.3 Å². The van der Waals surface area contributed by atoms with Crippen LogP contribution in [-0.2, 0) is 4.79 Å². The number of piperidine rings is 1. The predicted molar refractivity (Wildman–Crippen MR) is 122 cm³/mol. The van der Waals surface area contributed by atoms with Crippen LogP contribution in [0, 0.1) is 0 Å².